The van der Waals surface area contributed by atoms with E-state index in [0.29, 0.717) is 60.6 Å². The predicted octanol–water partition coefficient (Wildman–Crippen LogP) is 2.52. The van der Waals surface area contributed by atoms with Gasteiger partial charge in [0.15, 0.2) is 5.75 Å². The van der Waals surface area contributed by atoms with Crippen LogP contribution < -0.4 is 25.4 Å². The molecule has 0 bridgehead atoms. The highest BCUT2D eigenvalue weighted by Crippen LogP contribution is 2.37. The number of nitrogens with two attached hydrogens (primary N) is 1. The van der Waals surface area contributed by atoms with E-state index in [1.54, 1.807) is 35.5 Å². The van der Waals surface area contributed by atoms with Crippen LogP contribution in [0.2, 0.25) is 5.02 Å². The SMILES string of the molecule is COc1c(Cl)cccc1N1CCC(NCc2ccncc2OC[C@@H]2COCCN2C)=C(C(N)=S)C1=O. The zero-order valence-electron chi connectivity index (χ0n) is 20.3. The molecule has 3 N–H and O–H groups in total. The standard InChI is InChI=1S/C25H30ClN5O4S/c1-30-10-11-34-14-17(30)15-35-21-13-28-8-6-16(21)12-29-19-7-9-31(25(32)22(19)24(27)36)20-5-3-4-18(26)23(20)33-2/h3-6,8,13,17,29H,7,9-12,14-15H2,1-2H3,(H2,27,36)/t17-/m0/s1. The van der Waals surface area contributed by atoms with Gasteiger partial charge in [-0.1, -0.05) is 29.9 Å². The normalized spacial score (nSPS) is 18.8. The summed E-state index contributed by atoms with van der Waals surface area (Å²) in [6, 6.07) is 7.33. The quantitative estimate of drug-likeness (QED) is 0.472. The van der Waals surface area contributed by atoms with Crippen LogP contribution in [0.25, 0.3) is 0 Å². The highest BCUT2D eigenvalue weighted by atomic mass is 35.5. The predicted molar refractivity (Wildman–Crippen MR) is 143 cm³/mol. The minimum absolute atomic E-state index is 0.0275. The van der Waals surface area contributed by atoms with Crippen LogP contribution in [0.1, 0.15) is 12.0 Å². The second kappa shape index (κ2) is 11.9. The minimum Gasteiger partial charge on any atom is -0.493 e. The second-order valence-corrected chi connectivity index (χ2v) is 9.42. The Morgan fingerprint density at radius 3 is 2.94 bits per heavy atom. The third-order valence-corrected chi connectivity index (χ3v) is 6.85. The zero-order valence-corrected chi connectivity index (χ0v) is 21.9. The molecule has 0 spiro atoms. The number of para-hydroxylation sites is 1. The molecule has 0 radical (unpaired) electrons. The number of amides is 1. The molecule has 1 aromatic heterocycles. The summed E-state index contributed by atoms with van der Waals surface area (Å²) in [5.74, 6) is 0.802. The van der Waals surface area contributed by atoms with Gasteiger partial charge in [-0.2, -0.15) is 0 Å². The van der Waals surface area contributed by atoms with Crippen LogP contribution in [0.5, 0.6) is 11.5 Å². The van der Waals surface area contributed by atoms with Crippen molar-refractivity contribution in [2.45, 2.75) is 19.0 Å². The van der Waals surface area contributed by atoms with E-state index in [2.05, 4.69) is 22.2 Å². The Labute approximate surface area is 221 Å². The molecular formula is C25H30ClN5O4S. The first-order valence-corrected chi connectivity index (χ1v) is 12.4. The molecule has 3 heterocycles. The number of rotatable bonds is 9. The Kier molecular flexibility index (Phi) is 8.63. The maximum atomic E-state index is 13.5. The number of pyridine rings is 1. The van der Waals surface area contributed by atoms with Gasteiger partial charge < -0.3 is 30.2 Å². The monoisotopic (exact) mass is 531 g/mol. The number of nitrogens with one attached hydrogen (secondary N) is 1. The number of hydrogen-bond acceptors (Lipinski definition) is 8. The van der Waals surface area contributed by atoms with Crippen LogP contribution in [0, 0.1) is 0 Å². The molecule has 4 rings (SSSR count). The number of benzene rings is 1. The minimum atomic E-state index is -0.302. The van der Waals surface area contributed by atoms with Gasteiger partial charge >= 0.3 is 0 Å². The van der Waals surface area contributed by atoms with E-state index in [1.165, 1.54) is 7.11 Å². The molecule has 2 aliphatic rings. The van der Waals surface area contributed by atoms with E-state index in [0.717, 1.165) is 18.7 Å². The molecule has 1 fully saturated rings. The van der Waals surface area contributed by atoms with Crippen molar-refractivity contribution >= 4 is 40.4 Å². The summed E-state index contributed by atoms with van der Waals surface area (Å²) >= 11 is 11.5. The largest absolute Gasteiger partial charge is 0.493 e. The number of methoxy groups -OCH3 is 1. The molecule has 0 unspecified atom stereocenters. The highest BCUT2D eigenvalue weighted by Gasteiger charge is 2.32. The van der Waals surface area contributed by atoms with Crippen molar-refractivity contribution < 1.29 is 19.0 Å². The average Bonchev–Trinajstić information content (AvgIpc) is 2.87. The van der Waals surface area contributed by atoms with Crippen LogP contribution in [-0.2, 0) is 16.1 Å². The Hall–Kier alpha value is -2.92. The zero-order chi connectivity index (χ0) is 25.7. The number of ether oxygens (including phenoxy) is 3. The van der Waals surface area contributed by atoms with E-state index in [9.17, 15) is 4.79 Å². The van der Waals surface area contributed by atoms with Crippen molar-refractivity contribution in [1.29, 1.82) is 0 Å². The smallest absolute Gasteiger partial charge is 0.263 e. The number of halogens is 1. The molecule has 9 nitrogen and oxygen atoms in total. The summed E-state index contributed by atoms with van der Waals surface area (Å²) in [5, 5.41) is 3.78. The summed E-state index contributed by atoms with van der Waals surface area (Å²) < 4.78 is 17.1. The molecule has 1 amide bonds. The molecule has 0 aliphatic carbocycles. The third kappa shape index (κ3) is 5.73. The van der Waals surface area contributed by atoms with E-state index in [-0.39, 0.29) is 22.5 Å². The number of carbonyl (C=O) groups is 1. The molecule has 1 aromatic carbocycles. The number of aromatic nitrogens is 1. The van der Waals surface area contributed by atoms with Crippen LogP contribution >= 0.6 is 23.8 Å². The lowest BCUT2D eigenvalue weighted by atomic mass is 10.0. The van der Waals surface area contributed by atoms with Crippen LogP contribution in [0.15, 0.2) is 47.9 Å². The number of likely N-dealkylation sites (N-methyl/N-ethyl adjacent to an activating group) is 1. The Morgan fingerprint density at radius 1 is 1.36 bits per heavy atom. The van der Waals surface area contributed by atoms with Crippen molar-refractivity contribution in [3.8, 4) is 11.5 Å². The van der Waals surface area contributed by atoms with Gasteiger partial charge in [-0.3, -0.25) is 14.7 Å². The molecule has 192 valence electrons. The average molecular weight is 532 g/mol. The van der Waals surface area contributed by atoms with Crippen LogP contribution in [0.3, 0.4) is 0 Å². The van der Waals surface area contributed by atoms with E-state index >= 15 is 0 Å². The number of nitrogens with zero attached hydrogens (tertiary/aromatic N) is 3. The maximum absolute atomic E-state index is 13.5. The lowest BCUT2D eigenvalue weighted by Gasteiger charge is -2.32. The van der Waals surface area contributed by atoms with Crippen LogP contribution in [-0.4, -0.2) is 73.9 Å². The summed E-state index contributed by atoms with van der Waals surface area (Å²) in [6.45, 7) is 3.56. The van der Waals surface area contributed by atoms with Gasteiger partial charge in [0.25, 0.3) is 5.91 Å². The molecular weight excluding hydrogens is 502 g/mol. The molecule has 2 aliphatic heterocycles. The van der Waals surface area contributed by atoms with Gasteiger partial charge in [0.05, 0.1) is 48.8 Å². The van der Waals surface area contributed by atoms with Crippen LogP contribution in [0.4, 0.5) is 5.69 Å². The number of morpholine rings is 1. The molecule has 0 saturated carbocycles. The Bertz CT molecular complexity index is 1160. The highest BCUT2D eigenvalue weighted by molar-refractivity contribution is 7.80. The summed E-state index contributed by atoms with van der Waals surface area (Å²) in [4.78, 5) is 21.5. The number of carbonyl (C=O) groups excluding carboxylic acids is 1. The fourth-order valence-corrected chi connectivity index (χ4v) is 4.73. The molecule has 2 aromatic rings. The number of anilines is 1. The molecule has 1 saturated heterocycles. The van der Waals surface area contributed by atoms with Gasteiger partial charge in [0.2, 0.25) is 0 Å². The molecule has 36 heavy (non-hydrogen) atoms. The van der Waals surface area contributed by atoms with E-state index in [1.807, 2.05) is 6.07 Å². The molecule has 1 atom stereocenters. The number of thiocarbonyl (C=S) groups is 1. The van der Waals surface area contributed by atoms with E-state index < -0.39 is 0 Å². The van der Waals surface area contributed by atoms with Gasteiger partial charge in [-0.05, 0) is 25.2 Å². The van der Waals surface area contributed by atoms with Gasteiger partial charge in [0, 0.05) is 43.5 Å². The second-order valence-electron chi connectivity index (χ2n) is 8.57. The van der Waals surface area contributed by atoms with Gasteiger partial charge in [0.1, 0.15) is 17.3 Å². The van der Waals surface area contributed by atoms with E-state index in [4.69, 9.17) is 43.8 Å². The fraction of sp³-hybridized carbons (Fsp3) is 0.400. The number of hydrogen-bond donors (Lipinski definition) is 2. The summed E-state index contributed by atoms with van der Waals surface area (Å²) in [6.07, 6.45) is 3.93. The van der Waals surface area contributed by atoms with Crippen molar-refractivity contribution in [3.63, 3.8) is 0 Å². The van der Waals surface area contributed by atoms with Gasteiger partial charge in [-0.15, -0.1) is 0 Å². The van der Waals surface area contributed by atoms with Crippen molar-refractivity contribution in [3.05, 3.63) is 58.5 Å². The lowest BCUT2D eigenvalue weighted by molar-refractivity contribution is -0.115. The summed E-state index contributed by atoms with van der Waals surface area (Å²) in [5.41, 5.74) is 8.45. The lowest BCUT2D eigenvalue weighted by Crippen LogP contribution is -2.46. The van der Waals surface area contributed by atoms with Crippen molar-refractivity contribution in [1.82, 2.24) is 15.2 Å². The van der Waals surface area contributed by atoms with Gasteiger partial charge in [-0.25, -0.2) is 0 Å². The third-order valence-electron chi connectivity index (χ3n) is 6.35. The fourth-order valence-electron chi connectivity index (χ4n) is 4.27. The topological polar surface area (TPSA) is 102 Å². The van der Waals surface area contributed by atoms with Crippen molar-refractivity contribution in [2.75, 3.05) is 52.0 Å². The summed E-state index contributed by atoms with van der Waals surface area (Å²) in [7, 11) is 3.58. The Balaban J connectivity index is 1.50. The first-order valence-electron chi connectivity index (χ1n) is 11.7. The maximum Gasteiger partial charge on any atom is 0.263 e. The first-order chi connectivity index (χ1) is 17.4. The molecule has 11 heteroatoms. The Morgan fingerprint density at radius 2 is 2.19 bits per heavy atom. The van der Waals surface area contributed by atoms with Crippen molar-refractivity contribution in [2.24, 2.45) is 5.73 Å². The first kappa shape index (κ1) is 26.2.